The zero-order valence-corrected chi connectivity index (χ0v) is 12.5. The van der Waals surface area contributed by atoms with Crippen LogP contribution in [-0.2, 0) is 0 Å². The van der Waals surface area contributed by atoms with Crippen molar-refractivity contribution < 1.29 is 27.6 Å². The smallest absolute Gasteiger partial charge is 0.257 e. The standard InChI is InChI=1S/C15H14F3N3O3/c16-9-6-8(11(17)13(22)12(9)18)15(23)21-5-3-1-2-4-10(21)14-19-7-24-20-14/h6-7,10,22H,1-5H2. The highest BCUT2D eigenvalue weighted by Crippen LogP contribution is 2.32. The highest BCUT2D eigenvalue weighted by Gasteiger charge is 2.33. The molecule has 24 heavy (non-hydrogen) atoms. The van der Waals surface area contributed by atoms with Crippen LogP contribution < -0.4 is 0 Å². The molecule has 128 valence electrons. The summed E-state index contributed by atoms with van der Waals surface area (Å²) in [7, 11) is 0. The molecule has 1 saturated heterocycles. The van der Waals surface area contributed by atoms with Gasteiger partial charge in [-0.2, -0.15) is 9.37 Å². The molecule has 1 unspecified atom stereocenters. The first-order valence-corrected chi connectivity index (χ1v) is 7.44. The molecule has 0 radical (unpaired) electrons. The fraction of sp³-hybridized carbons (Fsp3) is 0.400. The van der Waals surface area contributed by atoms with E-state index in [1.807, 2.05) is 0 Å². The van der Waals surface area contributed by atoms with Gasteiger partial charge in [0.1, 0.15) is 0 Å². The third-order valence-corrected chi connectivity index (χ3v) is 4.05. The zero-order chi connectivity index (χ0) is 17.3. The van der Waals surface area contributed by atoms with Crippen LogP contribution >= 0.6 is 0 Å². The molecule has 0 bridgehead atoms. The number of phenolic OH excluding ortho intramolecular Hbond substituents is 1. The number of likely N-dealkylation sites (tertiary alicyclic amines) is 1. The van der Waals surface area contributed by atoms with E-state index in [2.05, 4.69) is 10.1 Å². The maximum atomic E-state index is 14.1. The molecule has 1 fully saturated rings. The molecule has 1 aliphatic rings. The SMILES string of the molecule is O=C(c1cc(F)c(F)c(O)c1F)N1CCCCCC1c1ncon1. The average molecular weight is 341 g/mol. The Kier molecular flexibility index (Phi) is 4.41. The summed E-state index contributed by atoms with van der Waals surface area (Å²) >= 11 is 0. The van der Waals surface area contributed by atoms with Crippen LogP contribution in [0.4, 0.5) is 13.2 Å². The van der Waals surface area contributed by atoms with Crippen molar-refractivity contribution in [2.75, 3.05) is 6.54 Å². The second-order valence-electron chi connectivity index (χ2n) is 5.54. The van der Waals surface area contributed by atoms with Gasteiger partial charge < -0.3 is 14.5 Å². The van der Waals surface area contributed by atoms with Gasteiger partial charge in [-0.25, -0.2) is 8.78 Å². The number of nitrogens with zero attached hydrogens (tertiary/aromatic N) is 3. The molecule has 1 aromatic heterocycles. The minimum Gasteiger partial charge on any atom is -0.503 e. The van der Waals surface area contributed by atoms with Crippen molar-refractivity contribution in [2.45, 2.75) is 31.7 Å². The maximum Gasteiger partial charge on any atom is 0.257 e. The van der Waals surface area contributed by atoms with Gasteiger partial charge in [0.2, 0.25) is 12.2 Å². The van der Waals surface area contributed by atoms with E-state index in [1.165, 1.54) is 4.90 Å². The molecule has 1 aromatic carbocycles. The summed E-state index contributed by atoms with van der Waals surface area (Å²) in [5.41, 5.74) is -0.734. The first-order valence-electron chi connectivity index (χ1n) is 7.44. The number of amides is 1. The molecule has 6 nitrogen and oxygen atoms in total. The summed E-state index contributed by atoms with van der Waals surface area (Å²) in [5, 5.41) is 13.0. The fourth-order valence-electron chi connectivity index (χ4n) is 2.85. The lowest BCUT2D eigenvalue weighted by molar-refractivity contribution is 0.0663. The molecule has 1 atom stereocenters. The molecule has 1 aliphatic heterocycles. The van der Waals surface area contributed by atoms with E-state index in [0.717, 1.165) is 19.2 Å². The van der Waals surface area contributed by atoms with E-state index < -0.39 is 40.7 Å². The summed E-state index contributed by atoms with van der Waals surface area (Å²) in [4.78, 5) is 17.9. The Balaban J connectivity index is 2.00. The van der Waals surface area contributed by atoms with Crippen molar-refractivity contribution in [2.24, 2.45) is 0 Å². The normalized spacial score (nSPS) is 18.5. The van der Waals surface area contributed by atoms with Crippen LogP contribution in [0.25, 0.3) is 0 Å². The Morgan fingerprint density at radius 1 is 1.25 bits per heavy atom. The maximum absolute atomic E-state index is 14.1. The van der Waals surface area contributed by atoms with Crippen LogP contribution in [0.3, 0.4) is 0 Å². The molecule has 0 saturated carbocycles. The van der Waals surface area contributed by atoms with Crippen LogP contribution in [0.15, 0.2) is 17.0 Å². The lowest BCUT2D eigenvalue weighted by Gasteiger charge is -2.28. The molecule has 2 aromatic rings. The van der Waals surface area contributed by atoms with Crippen molar-refractivity contribution in [1.82, 2.24) is 15.0 Å². The Bertz CT molecular complexity index is 752. The highest BCUT2D eigenvalue weighted by molar-refractivity contribution is 5.95. The lowest BCUT2D eigenvalue weighted by atomic mass is 10.1. The second-order valence-corrected chi connectivity index (χ2v) is 5.54. The van der Waals surface area contributed by atoms with Gasteiger partial charge in [0, 0.05) is 6.54 Å². The van der Waals surface area contributed by atoms with Crippen molar-refractivity contribution in [3.8, 4) is 5.75 Å². The molecule has 1 amide bonds. The number of carbonyl (C=O) groups is 1. The lowest BCUT2D eigenvalue weighted by Crippen LogP contribution is -2.36. The first-order chi connectivity index (χ1) is 11.5. The monoisotopic (exact) mass is 341 g/mol. The van der Waals surface area contributed by atoms with Crippen molar-refractivity contribution in [1.29, 1.82) is 0 Å². The van der Waals surface area contributed by atoms with Gasteiger partial charge in [0.25, 0.3) is 5.91 Å². The van der Waals surface area contributed by atoms with E-state index in [9.17, 15) is 23.1 Å². The van der Waals surface area contributed by atoms with Gasteiger partial charge >= 0.3 is 0 Å². The molecular weight excluding hydrogens is 327 g/mol. The topological polar surface area (TPSA) is 79.5 Å². The second kappa shape index (κ2) is 6.50. The molecule has 3 rings (SSSR count). The van der Waals surface area contributed by atoms with E-state index in [1.54, 1.807) is 0 Å². The van der Waals surface area contributed by atoms with Gasteiger partial charge in [0.05, 0.1) is 11.6 Å². The van der Waals surface area contributed by atoms with Crippen LogP contribution in [0.2, 0.25) is 0 Å². The third-order valence-electron chi connectivity index (χ3n) is 4.05. The quantitative estimate of drug-likeness (QED) is 0.850. The van der Waals surface area contributed by atoms with Crippen molar-refractivity contribution >= 4 is 5.91 Å². The summed E-state index contributed by atoms with van der Waals surface area (Å²) in [5.74, 6) is -6.83. The first kappa shape index (κ1) is 16.3. The van der Waals surface area contributed by atoms with Gasteiger partial charge in [-0.15, -0.1) is 0 Å². The fourth-order valence-corrected chi connectivity index (χ4v) is 2.85. The van der Waals surface area contributed by atoms with Crippen LogP contribution in [-0.4, -0.2) is 32.6 Å². The number of benzene rings is 1. The molecule has 9 heteroatoms. The summed E-state index contributed by atoms with van der Waals surface area (Å²) in [6.45, 7) is 0.275. The number of aromatic hydroxyl groups is 1. The number of hydrogen-bond acceptors (Lipinski definition) is 5. The van der Waals surface area contributed by atoms with E-state index in [-0.39, 0.29) is 12.4 Å². The highest BCUT2D eigenvalue weighted by atomic mass is 19.2. The Morgan fingerprint density at radius 3 is 2.75 bits per heavy atom. The van der Waals surface area contributed by atoms with E-state index in [4.69, 9.17) is 4.52 Å². The Hall–Kier alpha value is -2.58. The third kappa shape index (κ3) is 2.81. The van der Waals surface area contributed by atoms with Gasteiger partial charge in [-0.3, -0.25) is 4.79 Å². The zero-order valence-electron chi connectivity index (χ0n) is 12.5. The van der Waals surface area contributed by atoms with Gasteiger partial charge in [-0.05, 0) is 18.9 Å². The largest absolute Gasteiger partial charge is 0.503 e. The molecule has 0 spiro atoms. The minimum absolute atomic E-state index is 0.262. The number of halogens is 3. The number of hydrogen-bond donors (Lipinski definition) is 1. The predicted molar refractivity (Wildman–Crippen MR) is 74.5 cm³/mol. The molecule has 2 heterocycles. The molecule has 0 aliphatic carbocycles. The molecule has 1 N–H and O–H groups in total. The van der Waals surface area contributed by atoms with Crippen molar-refractivity contribution in [3.05, 3.63) is 41.3 Å². The van der Waals surface area contributed by atoms with Crippen molar-refractivity contribution in [3.63, 3.8) is 0 Å². The molecular formula is C15H14F3N3O3. The number of rotatable bonds is 2. The van der Waals surface area contributed by atoms with Gasteiger partial charge in [-0.1, -0.05) is 18.0 Å². The van der Waals surface area contributed by atoms with Crippen LogP contribution in [0, 0.1) is 17.5 Å². The van der Waals surface area contributed by atoms with Crippen LogP contribution in [0.5, 0.6) is 5.75 Å². The van der Waals surface area contributed by atoms with E-state index in [0.29, 0.717) is 18.9 Å². The Labute approximate surface area is 134 Å². The summed E-state index contributed by atoms with van der Waals surface area (Å²) in [6, 6.07) is -0.112. The average Bonchev–Trinajstić information content (AvgIpc) is 3.00. The van der Waals surface area contributed by atoms with Gasteiger partial charge in [0.15, 0.2) is 23.2 Å². The van der Waals surface area contributed by atoms with E-state index >= 15 is 0 Å². The summed E-state index contributed by atoms with van der Waals surface area (Å²) in [6.07, 6.45) is 3.96. The number of phenols is 1. The summed E-state index contributed by atoms with van der Waals surface area (Å²) < 4.78 is 45.5. The number of aromatic nitrogens is 2. The predicted octanol–water partition coefficient (Wildman–Crippen LogP) is 2.95. The minimum atomic E-state index is -1.73. The number of carbonyl (C=O) groups excluding carboxylic acids is 1. The Morgan fingerprint density at radius 2 is 2.04 bits per heavy atom. The van der Waals surface area contributed by atoms with Crippen LogP contribution in [0.1, 0.15) is 47.9 Å².